The summed E-state index contributed by atoms with van der Waals surface area (Å²) in [5.74, 6) is 0.0454. The average Bonchev–Trinajstić information content (AvgIpc) is 2.18. The van der Waals surface area contributed by atoms with Crippen LogP contribution >= 0.6 is 23.5 Å². The predicted molar refractivity (Wildman–Crippen MR) is 56.5 cm³/mol. The standard InChI is InChI=1S/C9H11FOS2/c1-11-7-4-6(12-2)5-8(13-3)9(7)10/h4-5H,1-3H3. The third kappa shape index (κ3) is 2.31. The molecule has 1 rings (SSSR count). The van der Waals surface area contributed by atoms with Crippen molar-refractivity contribution in [1.82, 2.24) is 0 Å². The molecule has 0 saturated heterocycles. The molecule has 72 valence electrons. The number of hydrogen-bond donors (Lipinski definition) is 0. The lowest BCUT2D eigenvalue weighted by atomic mass is 10.3. The van der Waals surface area contributed by atoms with Crippen LogP contribution in [0.2, 0.25) is 0 Å². The van der Waals surface area contributed by atoms with Gasteiger partial charge in [0.15, 0.2) is 11.6 Å². The number of rotatable bonds is 3. The van der Waals surface area contributed by atoms with Crippen LogP contribution in [0.4, 0.5) is 4.39 Å². The van der Waals surface area contributed by atoms with Gasteiger partial charge in [-0.15, -0.1) is 23.5 Å². The molecule has 1 aromatic carbocycles. The van der Waals surface area contributed by atoms with E-state index in [4.69, 9.17) is 4.74 Å². The molecule has 0 fully saturated rings. The minimum Gasteiger partial charge on any atom is -0.494 e. The highest BCUT2D eigenvalue weighted by molar-refractivity contribution is 7.99. The van der Waals surface area contributed by atoms with E-state index in [1.54, 1.807) is 17.8 Å². The van der Waals surface area contributed by atoms with Crippen LogP contribution in [0.5, 0.6) is 5.75 Å². The van der Waals surface area contributed by atoms with Crippen molar-refractivity contribution in [3.8, 4) is 5.75 Å². The van der Waals surface area contributed by atoms with Crippen LogP contribution in [0.25, 0.3) is 0 Å². The molecular formula is C9H11FOS2. The van der Waals surface area contributed by atoms with Crippen LogP contribution in [-0.4, -0.2) is 19.6 Å². The van der Waals surface area contributed by atoms with Crippen molar-refractivity contribution in [2.45, 2.75) is 9.79 Å². The van der Waals surface area contributed by atoms with Gasteiger partial charge in [0, 0.05) is 9.79 Å². The lowest BCUT2D eigenvalue weighted by Crippen LogP contribution is -1.90. The molecule has 0 heterocycles. The fourth-order valence-electron chi connectivity index (χ4n) is 0.963. The first-order valence-corrected chi connectivity index (χ1v) is 6.13. The van der Waals surface area contributed by atoms with Crippen LogP contribution in [0.3, 0.4) is 0 Å². The van der Waals surface area contributed by atoms with Gasteiger partial charge in [-0.3, -0.25) is 0 Å². The fraction of sp³-hybridized carbons (Fsp3) is 0.333. The van der Waals surface area contributed by atoms with Gasteiger partial charge in [-0.2, -0.15) is 0 Å². The normalized spacial score (nSPS) is 10.2. The Bertz CT molecular complexity index is 277. The van der Waals surface area contributed by atoms with Crippen LogP contribution in [0.15, 0.2) is 21.9 Å². The first-order valence-electron chi connectivity index (χ1n) is 3.68. The van der Waals surface area contributed by atoms with Crippen LogP contribution in [0.1, 0.15) is 0 Å². The monoisotopic (exact) mass is 218 g/mol. The summed E-state index contributed by atoms with van der Waals surface area (Å²) in [5, 5.41) is 0. The maximum atomic E-state index is 13.4. The minimum atomic E-state index is -0.271. The Morgan fingerprint density at radius 3 is 2.38 bits per heavy atom. The molecule has 0 spiro atoms. The fourth-order valence-corrected chi connectivity index (χ4v) is 2.02. The summed E-state index contributed by atoms with van der Waals surface area (Å²) in [6.45, 7) is 0. The second-order valence-electron chi connectivity index (χ2n) is 2.35. The molecule has 0 amide bonds. The van der Waals surface area contributed by atoms with Crippen molar-refractivity contribution in [2.75, 3.05) is 19.6 Å². The second-order valence-corrected chi connectivity index (χ2v) is 4.07. The Labute approximate surface area is 86.1 Å². The van der Waals surface area contributed by atoms with Gasteiger partial charge in [-0.25, -0.2) is 4.39 Å². The molecule has 0 N–H and O–H groups in total. The smallest absolute Gasteiger partial charge is 0.178 e. The summed E-state index contributed by atoms with van der Waals surface area (Å²) in [7, 11) is 1.48. The summed E-state index contributed by atoms with van der Waals surface area (Å²) >= 11 is 2.96. The van der Waals surface area contributed by atoms with Gasteiger partial charge < -0.3 is 4.74 Å². The lowest BCUT2D eigenvalue weighted by molar-refractivity contribution is 0.380. The summed E-state index contributed by atoms with van der Waals surface area (Å²) in [6, 6.07) is 3.53. The number of hydrogen-bond acceptors (Lipinski definition) is 3. The molecule has 0 saturated carbocycles. The van der Waals surface area contributed by atoms with Gasteiger partial charge in [0.05, 0.1) is 7.11 Å². The molecule has 0 aromatic heterocycles. The number of ether oxygens (including phenoxy) is 1. The summed E-state index contributed by atoms with van der Waals surface area (Å²) in [6.07, 6.45) is 3.80. The largest absolute Gasteiger partial charge is 0.494 e. The van der Waals surface area contributed by atoms with Gasteiger partial charge in [0.1, 0.15) is 0 Å². The number of methoxy groups -OCH3 is 1. The number of thioether (sulfide) groups is 2. The minimum absolute atomic E-state index is 0.271. The zero-order chi connectivity index (χ0) is 9.84. The van der Waals surface area contributed by atoms with E-state index in [0.717, 1.165) is 4.90 Å². The Hall–Kier alpha value is -0.350. The van der Waals surface area contributed by atoms with E-state index in [1.165, 1.54) is 18.9 Å². The van der Waals surface area contributed by atoms with Gasteiger partial charge >= 0.3 is 0 Å². The first kappa shape index (κ1) is 10.7. The quantitative estimate of drug-likeness (QED) is 0.721. The van der Waals surface area contributed by atoms with Crippen molar-refractivity contribution in [1.29, 1.82) is 0 Å². The zero-order valence-electron chi connectivity index (χ0n) is 7.76. The molecule has 0 unspecified atom stereocenters. The van der Waals surface area contributed by atoms with Crippen molar-refractivity contribution in [3.63, 3.8) is 0 Å². The van der Waals surface area contributed by atoms with Gasteiger partial charge in [0.25, 0.3) is 0 Å². The van der Waals surface area contributed by atoms with E-state index in [9.17, 15) is 4.39 Å². The molecule has 0 bridgehead atoms. The number of halogens is 1. The van der Waals surface area contributed by atoms with Gasteiger partial charge in [-0.05, 0) is 24.6 Å². The highest BCUT2D eigenvalue weighted by Gasteiger charge is 2.09. The maximum absolute atomic E-state index is 13.4. The third-order valence-electron chi connectivity index (χ3n) is 1.65. The highest BCUT2D eigenvalue weighted by Crippen LogP contribution is 2.32. The Morgan fingerprint density at radius 2 is 1.92 bits per heavy atom. The van der Waals surface area contributed by atoms with E-state index in [0.29, 0.717) is 10.6 Å². The van der Waals surface area contributed by atoms with E-state index in [2.05, 4.69) is 0 Å². The summed E-state index contributed by atoms with van der Waals surface area (Å²) < 4.78 is 18.4. The molecule has 0 radical (unpaired) electrons. The Kier molecular flexibility index (Phi) is 3.93. The van der Waals surface area contributed by atoms with Crippen molar-refractivity contribution in [3.05, 3.63) is 17.9 Å². The van der Waals surface area contributed by atoms with E-state index in [-0.39, 0.29) is 5.82 Å². The molecule has 4 heteroatoms. The van der Waals surface area contributed by atoms with Crippen LogP contribution < -0.4 is 4.74 Å². The van der Waals surface area contributed by atoms with E-state index >= 15 is 0 Å². The second kappa shape index (κ2) is 4.77. The summed E-state index contributed by atoms with van der Waals surface area (Å²) in [4.78, 5) is 1.64. The van der Waals surface area contributed by atoms with Crippen molar-refractivity contribution in [2.24, 2.45) is 0 Å². The molecule has 1 aromatic rings. The molecule has 1 nitrogen and oxygen atoms in total. The zero-order valence-corrected chi connectivity index (χ0v) is 9.39. The summed E-state index contributed by atoms with van der Waals surface area (Å²) in [5.41, 5.74) is 0. The van der Waals surface area contributed by atoms with Crippen LogP contribution in [0, 0.1) is 5.82 Å². The lowest BCUT2D eigenvalue weighted by Gasteiger charge is -2.07. The Morgan fingerprint density at radius 1 is 1.23 bits per heavy atom. The van der Waals surface area contributed by atoms with Gasteiger partial charge in [0.2, 0.25) is 0 Å². The highest BCUT2D eigenvalue weighted by atomic mass is 32.2. The average molecular weight is 218 g/mol. The molecule has 0 aliphatic carbocycles. The molecule has 0 aliphatic heterocycles. The first-order chi connectivity index (χ1) is 6.22. The Balaban J connectivity index is 3.20. The maximum Gasteiger partial charge on any atom is 0.178 e. The van der Waals surface area contributed by atoms with E-state index in [1.807, 2.05) is 18.6 Å². The number of benzene rings is 1. The predicted octanol–water partition coefficient (Wildman–Crippen LogP) is 3.28. The third-order valence-corrected chi connectivity index (χ3v) is 3.10. The van der Waals surface area contributed by atoms with Gasteiger partial charge in [-0.1, -0.05) is 0 Å². The molecule has 0 atom stereocenters. The molecule has 13 heavy (non-hydrogen) atoms. The van der Waals surface area contributed by atoms with E-state index < -0.39 is 0 Å². The van der Waals surface area contributed by atoms with Crippen molar-refractivity contribution >= 4 is 23.5 Å². The SMILES string of the molecule is COc1cc(SC)cc(SC)c1F. The van der Waals surface area contributed by atoms with Crippen molar-refractivity contribution < 1.29 is 9.13 Å². The molecule has 0 aliphatic rings. The molecular weight excluding hydrogens is 207 g/mol. The topological polar surface area (TPSA) is 9.23 Å². The van der Waals surface area contributed by atoms with Crippen LogP contribution in [-0.2, 0) is 0 Å².